The smallest absolute Gasteiger partial charge is 0.137 e. The van der Waals surface area contributed by atoms with E-state index < -0.39 is 0 Å². The van der Waals surface area contributed by atoms with Gasteiger partial charge in [0.1, 0.15) is 5.75 Å². The van der Waals surface area contributed by atoms with Crippen molar-refractivity contribution in [3.05, 3.63) is 27.2 Å². The first-order valence-corrected chi connectivity index (χ1v) is 7.94. The Bertz CT molecular complexity index is 441. The molecule has 1 rings (SSSR count). The van der Waals surface area contributed by atoms with Crippen molar-refractivity contribution in [1.82, 2.24) is 0 Å². The quantitative estimate of drug-likeness (QED) is 0.554. The number of halogens is 3. The molecule has 0 spiro atoms. The van der Waals surface area contributed by atoms with E-state index in [1.165, 1.54) is 0 Å². The van der Waals surface area contributed by atoms with Crippen molar-refractivity contribution < 1.29 is 4.74 Å². The minimum atomic E-state index is -0.112. The molecule has 19 heavy (non-hydrogen) atoms. The van der Waals surface area contributed by atoms with Gasteiger partial charge >= 0.3 is 0 Å². The maximum atomic E-state index is 6.58. The van der Waals surface area contributed by atoms with E-state index in [-0.39, 0.29) is 10.8 Å². The number of alkyl halides is 1. The number of hydrogen-bond acceptors (Lipinski definition) is 1. The Kier molecular flexibility index (Phi) is 6.03. The molecule has 0 aliphatic heterocycles. The molecule has 0 N–H and O–H groups in total. The molecule has 2 unspecified atom stereocenters. The van der Waals surface area contributed by atoms with Crippen molar-refractivity contribution >= 4 is 39.1 Å². The largest absolute Gasteiger partial charge is 0.495 e. The molecule has 2 atom stereocenters. The molecule has 0 heterocycles. The van der Waals surface area contributed by atoms with Crippen LogP contribution in [0.5, 0.6) is 5.75 Å². The van der Waals surface area contributed by atoms with Gasteiger partial charge in [-0.25, -0.2) is 0 Å². The van der Waals surface area contributed by atoms with Gasteiger partial charge < -0.3 is 4.74 Å². The molecule has 0 radical (unpaired) electrons. The number of benzene rings is 1. The summed E-state index contributed by atoms with van der Waals surface area (Å²) in [5.74, 6) is 1.27. The number of hydrogen-bond donors (Lipinski definition) is 0. The van der Waals surface area contributed by atoms with Crippen molar-refractivity contribution in [2.45, 2.75) is 39.5 Å². The van der Waals surface area contributed by atoms with Crippen molar-refractivity contribution in [2.75, 3.05) is 7.11 Å². The summed E-state index contributed by atoms with van der Waals surface area (Å²) in [6.45, 7) is 8.91. The summed E-state index contributed by atoms with van der Waals surface area (Å²) >= 11 is 16.1. The molecule has 0 saturated heterocycles. The highest BCUT2D eigenvalue weighted by atomic mass is 79.9. The number of methoxy groups -OCH3 is 1. The van der Waals surface area contributed by atoms with Gasteiger partial charge in [-0.15, -0.1) is 11.6 Å². The van der Waals surface area contributed by atoms with E-state index >= 15 is 0 Å². The molecule has 0 saturated carbocycles. The van der Waals surface area contributed by atoms with Crippen LogP contribution in [0.1, 0.15) is 45.1 Å². The van der Waals surface area contributed by atoms with E-state index in [9.17, 15) is 0 Å². The number of rotatable bonds is 4. The van der Waals surface area contributed by atoms with Crippen LogP contribution in [0.2, 0.25) is 5.02 Å². The van der Waals surface area contributed by atoms with Crippen LogP contribution in [-0.4, -0.2) is 7.11 Å². The maximum Gasteiger partial charge on any atom is 0.137 e. The van der Waals surface area contributed by atoms with Gasteiger partial charge in [-0.1, -0.05) is 39.3 Å². The highest BCUT2D eigenvalue weighted by Crippen LogP contribution is 2.43. The summed E-state index contributed by atoms with van der Waals surface area (Å²) in [7, 11) is 1.65. The van der Waals surface area contributed by atoms with E-state index in [0.717, 1.165) is 22.2 Å². The van der Waals surface area contributed by atoms with E-state index in [1.807, 2.05) is 12.1 Å². The molecule has 1 aromatic carbocycles. The van der Waals surface area contributed by atoms with Gasteiger partial charge in [0.15, 0.2) is 0 Å². The second kappa shape index (κ2) is 6.69. The van der Waals surface area contributed by atoms with Crippen LogP contribution < -0.4 is 4.74 Å². The summed E-state index contributed by atoms with van der Waals surface area (Å²) in [6.07, 6.45) is 0.883. The zero-order valence-corrected chi connectivity index (χ0v) is 15.2. The van der Waals surface area contributed by atoms with Crippen LogP contribution in [0.4, 0.5) is 0 Å². The molecule has 1 aromatic rings. The SMILES string of the molecule is COc1c(Br)cc(Cl)cc1C(Cl)CC(C)C(C)(C)C. The van der Waals surface area contributed by atoms with Crippen LogP contribution in [-0.2, 0) is 0 Å². The third-order valence-electron chi connectivity index (χ3n) is 3.62. The molecule has 0 amide bonds. The molecule has 0 fully saturated rings. The standard InChI is InChI=1S/C15H21BrCl2O/c1-9(15(2,3)4)6-13(18)11-7-10(17)8-12(16)14(11)19-5/h7-9,13H,6H2,1-5H3. The van der Waals surface area contributed by atoms with Crippen LogP contribution in [0, 0.1) is 11.3 Å². The Labute approximate surface area is 134 Å². The van der Waals surface area contributed by atoms with E-state index in [0.29, 0.717) is 10.9 Å². The molecule has 1 nitrogen and oxygen atoms in total. The van der Waals surface area contributed by atoms with Crippen LogP contribution >= 0.6 is 39.1 Å². The van der Waals surface area contributed by atoms with E-state index in [4.69, 9.17) is 27.9 Å². The molecule has 4 heteroatoms. The predicted octanol–water partition coefficient (Wildman–Crippen LogP) is 6.46. The minimum Gasteiger partial charge on any atom is -0.495 e. The predicted molar refractivity (Wildman–Crippen MR) is 87.5 cm³/mol. The molecule has 0 aliphatic rings. The lowest BCUT2D eigenvalue weighted by atomic mass is 9.79. The summed E-state index contributed by atoms with van der Waals surface area (Å²) in [5.41, 5.74) is 1.18. The Morgan fingerprint density at radius 1 is 1.32 bits per heavy atom. The van der Waals surface area contributed by atoms with Crippen molar-refractivity contribution in [3.8, 4) is 5.75 Å². The molecule has 0 bridgehead atoms. The highest BCUT2D eigenvalue weighted by molar-refractivity contribution is 9.10. The first-order valence-electron chi connectivity index (χ1n) is 6.33. The fourth-order valence-electron chi connectivity index (χ4n) is 1.82. The average molecular weight is 368 g/mol. The van der Waals surface area contributed by atoms with Gasteiger partial charge in [-0.3, -0.25) is 0 Å². The molecular weight excluding hydrogens is 347 g/mol. The first-order chi connectivity index (χ1) is 8.66. The zero-order chi connectivity index (χ0) is 14.8. The van der Waals surface area contributed by atoms with E-state index in [2.05, 4.69) is 43.6 Å². The average Bonchev–Trinajstić information content (AvgIpc) is 2.26. The van der Waals surface area contributed by atoms with Crippen molar-refractivity contribution in [1.29, 1.82) is 0 Å². The lowest BCUT2D eigenvalue weighted by Gasteiger charge is -2.29. The first kappa shape index (κ1) is 17.1. The van der Waals surface area contributed by atoms with Crippen molar-refractivity contribution in [2.24, 2.45) is 11.3 Å². The fraction of sp³-hybridized carbons (Fsp3) is 0.600. The van der Waals surface area contributed by atoms with Gasteiger partial charge in [-0.2, -0.15) is 0 Å². The maximum absolute atomic E-state index is 6.58. The van der Waals surface area contributed by atoms with Crippen LogP contribution in [0.25, 0.3) is 0 Å². The van der Waals surface area contributed by atoms with Gasteiger partial charge in [0.2, 0.25) is 0 Å². The van der Waals surface area contributed by atoms with Crippen LogP contribution in [0.3, 0.4) is 0 Å². The minimum absolute atomic E-state index is 0.112. The third-order valence-corrected chi connectivity index (χ3v) is 4.84. The Balaban J connectivity index is 3.02. The molecule has 0 aromatic heterocycles. The topological polar surface area (TPSA) is 9.23 Å². The third kappa shape index (κ3) is 4.54. The summed E-state index contributed by atoms with van der Waals surface area (Å²) in [4.78, 5) is 0. The Morgan fingerprint density at radius 2 is 1.89 bits per heavy atom. The molecular formula is C15H21BrCl2O. The fourth-order valence-corrected chi connectivity index (χ4v) is 3.24. The van der Waals surface area contributed by atoms with Gasteiger partial charge in [0, 0.05) is 10.6 Å². The second-order valence-electron chi connectivity index (χ2n) is 5.98. The summed E-state index contributed by atoms with van der Waals surface area (Å²) in [5, 5.41) is 0.552. The van der Waals surface area contributed by atoms with Gasteiger partial charge in [0.05, 0.1) is 17.0 Å². The normalized spacial score (nSPS) is 15.2. The molecule has 108 valence electrons. The highest BCUT2D eigenvalue weighted by Gasteiger charge is 2.25. The Hall–Kier alpha value is 0.0800. The lowest BCUT2D eigenvalue weighted by Crippen LogP contribution is -2.18. The number of ether oxygens (including phenoxy) is 1. The second-order valence-corrected chi connectivity index (χ2v) is 7.80. The Morgan fingerprint density at radius 3 is 2.37 bits per heavy atom. The monoisotopic (exact) mass is 366 g/mol. The van der Waals surface area contributed by atoms with Crippen LogP contribution in [0.15, 0.2) is 16.6 Å². The van der Waals surface area contributed by atoms with Gasteiger partial charge in [-0.05, 0) is 45.8 Å². The molecule has 0 aliphatic carbocycles. The van der Waals surface area contributed by atoms with Crippen molar-refractivity contribution in [3.63, 3.8) is 0 Å². The zero-order valence-electron chi connectivity index (χ0n) is 12.1. The van der Waals surface area contributed by atoms with Gasteiger partial charge in [0.25, 0.3) is 0 Å². The summed E-state index contributed by atoms with van der Waals surface area (Å²) in [6, 6.07) is 3.71. The lowest BCUT2D eigenvalue weighted by molar-refractivity contribution is 0.244. The summed E-state index contributed by atoms with van der Waals surface area (Å²) < 4.78 is 6.27. The van der Waals surface area contributed by atoms with E-state index in [1.54, 1.807) is 7.11 Å².